The Labute approximate surface area is 113 Å². The zero-order valence-electron chi connectivity index (χ0n) is 10.2. The van der Waals surface area contributed by atoms with Gasteiger partial charge in [-0.05, 0) is 0 Å². The van der Waals surface area contributed by atoms with Crippen LogP contribution in [0.1, 0.15) is 5.56 Å². The molecule has 0 spiro atoms. The van der Waals surface area contributed by atoms with Crippen molar-refractivity contribution < 1.29 is 18.4 Å². The second-order valence-electron chi connectivity index (χ2n) is 3.68. The van der Waals surface area contributed by atoms with E-state index in [-0.39, 0.29) is 11.5 Å². The molecule has 0 heterocycles. The number of hydrogen-bond acceptors (Lipinski definition) is 7. The van der Waals surface area contributed by atoms with Crippen LogP contribution in [0.25, 0.3) is 0 Å². The Morgan fingerprint density at radius 3 is 2.50 bits per heavy atom. The predicted octanol–water partition coefficient (Wildman–Crippen LogP) is -0.689. The van der Waals surface area contributed by atoms with Crippen LogP contribution in [-0.2, 0) is 9.84 Å². The van der Waals surface area contributed by atoms with Crippen molar-refractivity contribution in [2.24, 2.45) is 21.7 Å². The molecule has 20 heavy (non-hydrogen) atoms. The maximum absolute atomic E-state index is 11.4. The highest BCUT2D eigenvalue weighted by Crippen LogP contribution is 2.30. The van der Waals surface area contributed by atoms with Crippen LogP contribution in [0.3, 0.4) is 0 Å². The summed E-state index contributed by atoms with van der Waals surface area (Å²) in [6.45, 7) is 0. The number of guanidine groups is 1. The van der Waals surface area contributed by atoms with Crippen molar-refractivity contribution in [3.8, 4) is 5.75 Å². The summed E-state index contributed by atoms with van der Waals surface area (Å²) in [5.74, 6) is -0.853. The maximum Gasteiger partial charge on any atom is 0.288 e. The third-order valence-electron chi connectivity index (χ3n) is 2.07. The summed E-state index contributed by atoms with van der Waals surface area (Å²) in [6, 6.07) is 1.63. The number of phenolic OH excluding ortho intramolecular Hbond substituents is 1. The average molecular weight is 301 g/mol. The molecule has 11 heteroatoms. The first kappa shape index (κ1) is 15.4. The minimum absolute atomic E-state index is 0.103. The van der Waals surface area contributed by atoms with E-state index in [0.29, 0.717) is 0 Å². The van der Waals surface area contributed by atoms with E-state index < -0.39 is 31.1 Å². The van der Waals surface area contributed by atoms with Crippen LogP contribution >= 0.6 is 0 Å². The predicted molar refractivity (Wildman–Crippen MR) is 71.3 cm³/mol. The molecule has 10 nitrogen and oxygen atoms in total. The highest BCUT2D eigenvalue weighted by Gasteiger charge is 2.24. The van der Waals surface area contributed by atoms with Gasteiger partial charge in [-0.15, -0.1) is 5.10 Å². The summed E-state index contributed by atoms with van der Waals surface area (Å²) in [5, 5.41) is 27.1. The maximum atomic E-state index is 11.4. The quantitative estimate of drug-likeness (QED) is 0.285. The summed E-state index contributed by atoms with van der Waals surface area (Å²) >= 11 is 0. The topological polar surface area (TPSA) is 174 Å². The molecule has 1 aromatic carbocycles. The van der Waals surface area contributed by atoms with Gasteiger partial charge in [0.15, 0.2) is 9.84 Å². The summed E-state index contributed by atoms with van der Waals surface area (Å²) in [7, 11) is -3.87. The molecule has 0 aliphatic rings. The molecule has 0 aliphatic carbocycles. The van der Waals surface area contributed by atoms with Crippen molar-refractivity contribution in [3.63, 3.8) is 0 Å². The molecule has 0 amide bonds. The van der Waals surface area contributed by atoms with Gasteiger partial charge in [0.2, 0.25) is 5.96 Å². The van der Waals surface area contributed by atoms with E-state index in [1.807, 2.05) is 0 Å². The van der Waals surface area contributed by atoms with Crippen molar-refractivity contribution in [2.45, 2.75) is 4.90 Å². The van der Waals surface area contributed by atoms with Crippen molar-refractivity contribution in [2.75, 3.05) is 6.26 Å². The molecular formula is C9H11N5O5S. The van der Waals surface area contributed by atoms with E-state index >= 15 is 0 Å². The van der Waals surface area contributed by atoms with Crippen LogP contribution in [-0.4, -0.2) is 36.9 Å². The van der Waals surface area contributed by atoms with E-state index in [1.54, 1.807) is 0 Å². The zero-order chi connectivity index (χ0) is 15.5. The fourth-order valence-electron chi connectivity index (χ4n) is 1.27. The number of sulfone groups is 1. The fourth-order valence-corrected chi connectivity index (χ4v) is 2.11. The number of nitrogens with zero attached hydrogens (tertiary/aromatic N) is 3. The number of benzene rings is 1. The van der Waals surface area contributed by atoms with Gasteiger partial charge >= 0.3 is 0 Å². The lowest BCUT2D eigenvalue weighted by Crippen LogP contribution is -2.21. The number of aromatic hydroxyl groups is 1. The van der Waals surface area contributed by atoms with Gasteiger partial charge in [0.1, 0.15) is 10.6 Å². The number of hydrogen-bond donors (Lipinski definition) is 3. The van der Waals surface area contributed by atoms with Crippen LogP contribution in [0.15, 0.2) is 27.2 Å². The van der Waals surface area contributed by atoms with Crippen molar-refractivity contribution in [1.82, 2.24) is 0 Å². The van der Waals surface area contributed by atoms with Crippen molar-refractivity contribution >= 4 is 27.7 Å². The third kappa shape index (κ3) is 3.65. The average Bonchev–Trinajstić information content (AvgIpc) is 2.28. The van der Waals surface area contributed by atoms with Gasteiger partial charge in [-0.1, -0.05) is 0 Å². The Morgan fingerprint density at radius 2 is 2.05 bits per heavy atom. The van der Waals surface area contributed by atoms with Gasteiger partial charge in [0.05, 0.1) is 11.1 Å². The van der Waals surface area contributed by atoms with Gasteiger partial charge in [0, 0.05) is 24.0 Å². The molecule has 0 saturated heterocycles. The van der Waals surface area contributed by atoms with E-state index in [0.717, 1.165) is 24.6 Å². The van der Waals surface area contributed by atoms with Gasteiger partial charge in [-0.3, -0.25) is 10.1 Å². The van der Waals surface area contributed by atoms with E-state index in [4.69, 9.17) is 11.5 Å². The summed E-state index contributed by atoms with van der Waals surface area (Å²) < 4.78 is 22.8. The summed E-state index contributed by atoms with van der Waals surface area (Å²) in [4.78, 5) is 9.38. The Balaban J connectivity index is 3.46. The zero-order valence-corrected chi connectivity index (χ0v) is 11.0. The molecule has 0 aromatic heterocycles. The lowest BCUT2D eigenvalue weighted by Gasteiger charge is -2.04. The number of rotatable bonds is 4. The van der Waals surface area contributed by atoms with Crippen molar-refractivity contribution in [3.05, 3.63) is 27.8 Å². The van der Waals surface area contributed by atoms with Crippen LogP contribution in [0.5, 0.6) is 5.75 Å². The van der Waals surface area contributed by atoms with Gasteiger partial charge in [-0.25, -0.2) is 8.42 Å². The molecule has 0 atom stereocenters. The normalized spacial score (nSPS) is 11.4. The lowest BCUT2D eigenvalue weighted by atomic mass is 10.2. The molecule has 0 radical (unpaired) electrons. The highest BCUT2D eigenvalue weighted by molar-refractivity contribution is 7.90. The van der Waals surface area contributed by atoms with E-state index in [9.17, 15) is 23.6 Å². The Bertz CT molecular complexity index is 706. The van der Waals surface area contributed by atoms with Gasteiger partial charge in [0.25, 0.3) is 5.69 Å². The first-order valence-corrected chi connectivity index (χ1v) is 6.85. The molecule has 1 aromatic rings. The van der Waals surface area contributed by atoms with Crippen LogP contribution in [0.4, 0.5) is 5.69 Å². The second kappa shape index (κ2) is 5.52. The molecule has 0 saturated carbocycles. The Morgan fingerprint density at radius 1 is 1.45 bits per heavy atom. The second-order valence-corrected chi connectivity index (χ2v) is 5.66. The molecule has 0 bridgehead atoms. The first-order chi connectivity index (χ1) is 9.12. The molecule has 5 N–H and O–H groups in total. The number of nitrogens with two attached hydrogens (primary N) is 2. The summed E-state index contributed by atoms with van der Waals surface area (Å²) in [6.07, 6.45) is 1.75. The molecule has 0 aliphatic heterocycles. The van der Waals surface area contributed by atoms with Crippen LogP contribution < -0.4 is 11.5 Å². The molecule has 108 valence electrons. The largest absolute Gasteiger partial charge is 0.507 e. The lowest BCUT2D eigenvalue weighted by molar-refractivity contribution is -0.387. The number of nitro benzene ring substituents is 1. The SMILES string of the molecule is CS(=O)(=O)c1cc(O)c(C=NN=C(N)N)cc1[N+](=O)[O-]. The highest BCUT2D eigenvalue weighted by atomic mass is 32.2. The Hall–Kier alpha value is -2.69. The van der Waals surface area contributed by atoms with Crippen LogP contribution in [0, 0.1) is 10.1 Å². The van der Waals surface area contributed by atoms with Gasteiger partial charge < -0.3 is 16.6 Å². The van der Waals surface area contributed by atoms with E-state index in [2.05, 4.69) is 10.2 Å². The standard InChI is InChI=1S/C9H11N5O5S/c1-20(18,19)8-3-7(15)5(2-6(8)14(16)17)4-12-13-9(10)11/h2-4,15H,1H3,(H4,10,11,13). The van der Waals surface area contributed by atoms with Crippen LogP contribution in [0.2, 0.25) is 0 Å². The number of phenols is 1. The monoisotopic (exact) mass is 301 g/mol. The Kier molecular flexibility index (Phi) is 4.24. The molecule has 0 fully saturated rings. The molecule has 1 rings (SSSR count). The molecule has 0 unspecified atom stereocenters. The van der Waals surface area contributed by atoms with E-state index in [1.165, 1.54) is 0 Å². The third-order valence-corrected chi connectivity index (χ3v) is 3.20. The minimum atomic E-state index is -3.87. The fraction of sp³-hybridized carbons (Fsp3) is 0.111. The summed E-state index contributed by atoms with van der Waals surface area (Å²) in [5.41, 5.74) is 9.25. The first-order valence-electron chi connectivity index (χ1n) is 4.96. The van der Waals surface area contributed by atoms with Crippen molar-refractivity contribution in [1.29, 1.82) is 0 Å². The molecular weight excluding hydrogens is 290 g/mol. The van der Waals surface area contributed by atoms with Gasteiger partial charge in [-0.2, -0.15) is 5.10 Å². The smallest absolute Gasteiger partial charge is 0.288 e. The number of nitro groups is 1. The minimum Gasteiger partial charge on any atom is -0.507 e.